The van der Waals surface area contributed by atoms with Crippen molar-refractivity contribution < 1.29 is 42.8 Å². The van der Waals surface area contributed by atoms with Crippen LogP contribution in [-0.4, -0.2) is 85.4 Å². The van der Waals surface area contributed by atoms with E-state index in [4.69, 9.17) is 28.4 Å². The first-order valence-corrected chi connectivity index (χ1v) is 20.4. The van der Waals surface area contributed by atoms with Crippen molar-refractivity contribution in [3.63, 3.8) is 0 Å². The number of hydrogen-bond donors (Lipinski definition) is 0. The van der Waals surface area contributed by atoms with Gasteiger partial charge in [-0.15, -0.1) is 0 Å². The minimum Gasteiger partial charge on any atom is -0.346 e. The maximum absolute atomic E-state index is 14.6. The fourth-order valence-corrected chi connectivity index (χ4v) is 14.4. The van der Waals surface area contributed by atoms with E-state index in [-0.39, 0.29) is 17.1 Å². The SMILES string of the molecule is O=C1CCCCC12CCC(C1CC[C@@]3(CCC(C4CC(=O)C5(CCCCC56OCCO6)CS4)CC34OCCO4)C(=O)C1)CC21OCCO1. The zero-order chi connectivity index (χ0) is 32.7. The maximum atomic E-state index is 14.6. The lowest BCUT2D eigenvalue weighted by Gasteiger charge is -2.57. The summed E-state index contributed by atoms with van der Waals surface area (Å²) < 4.78 is 38.4. The van der Waals surface area contributed by atoms with E-state index in [0.29, 0.717) is 88.6 Å². The molecule has 0 aromatic carbocycles. The average molecular weight is 687 g/mol. The Morgan fingerprint density at radius 2 is 0.979 bits per heavy atom. The van der Waals surface area contributed by atoms with Gasteiger partial charge in [0.15, 0.2) is 17.4 Å². The van der Waals surface area contributed by atoms with E-state index < -0.39 is 33.6 Å². The molecule has 6 unspecified atom stereocenters. The molecular weight excluding hydrogens is 632 g/mol. The lowest BCUT2D eigenvalue weighted by atomic mass is 9.53. The van der Waals surface area contributed by atoms with E-state index in [1.54, 1.807) is 0 Å². The van der Waals surface area contributed by atoms with Crippen molar-refractivity contribution in [1.82, 2.24) is 0 Å². The fraction of sp³-hybridized carbons (Fsp3) is 0.921. The first kappa shape index (κ1) is 33.0. The third-order valence-corrected chi connectivity index (χ3v) is 16.8. The van der Waals surface area contributed by atoms with Crippen LogP contribution in [0.15, 0.2) is 0 Å². The van der Waals surface area contributed by atoms with E-state index >= 15 is 0 Å². The van der Waals surface area contributed by atoms with Crippen molar-refractivity contribution in [2.75, 3.05) is 45.4 Å². The van der Waals surface area contributed by atoms with Gasteiger partial charge in [-0.3, -0.25) is 14.4 Å². The molecule has 10 heteroatoms. The summed E-state index contributed by atoms with van der Waals surface area (Å²) in [6.45, 7) is 3.26. The van der Waals surface area contributed by atoms with Gasteiger partial charge in [0.05, 0.1) is 55.9 Å². The molecule has 4 heterocycles. The van der Waals surface area contributed by atoms with Gasteiger partial charge >= 0.3 is 0 Å². The number of ketones is 3. The monoisotopic (exact) mass is 686 g/mol. The van der Waals surface area contributed by atoms with E-state index in [2.05, 4.69) is 0 Å². The van der Waals surface area contributed by atoms with Crippen molar-refractivity contribution in [3.05, 3.63) is 0 Å². The van der Waals surface area contributed by atoms with Crippen LogP contribution in [0.3, 0.4) is 0 Å². The Morgan fingerprint density at radius 1 is 0.479 bits per heavy atom. The summed E-state index contributed by atoms with van der Waals surface area (Å²) in [4.78, 5) is 42.1. The molecule has 9 aliphatic rings. The highest BCUT2D eigenvalue weighted by atomic mass is 32.2. The standard InChI is InChI=1S/C38H54O9S/c39-30-5-1-2-9-33(30)13-7-27(23-37(33)44-17-18-45-37)26-6-12-34(31(40)21-26)14-8-28(24-38(34)46-19-20-47-38)29-22-32(41)35(25-48-29)10-3-4-11-36(35)42-15-16-43-36/h26-29H,1-25H2/t26?,27?,28?,29?,33?,34-,35?/m1/s1. The van der Waals surface area contributed by atoms with Crippen LogP contribution in [0.5, 0.6) is 0 Å². The molecule has 266 valence electrons. The highest BCUT2D eigenvalue weighted by molar-refractivity contribution is 8.00. The first-order chi connectivity index (χ1) is 23.3. The molecule has 48 heavy (non-hydrogen) atoms. The summed E-state index contributed by atoms with van der Waals surface area (Å²) >= 11 is 1.93. The largest absolute Gasteiger partial charge is 0.346 e. The van der Waals surface area contributed by atoms with Crippen LogP contribution < -0.4 is 0 Å². The van der Waals surface area contributed by atoms with Gasteiger partial charge < -0.3 is 28.4 Å². The number of carbonyl (C=O) groups excluding carboxylic acids is 3. The van der Waals surface area contributed by atoms with Gasteiger partial charge in [0.1, 0.15) is 17.3 Å². The fourth-order valence-electron chi connectivity index (χ4n) is 12.6. The Balaban J connectivity index is 0.896. The molecule has 0 bridgehead atoms. The predicted molar refractivity (Wildman–Crippen MR) is 176 cm³/mol. The number of rotatable bonds is 2. The lowest BCUT2D eigenvalue weighted by Crippen LogP contribution is -2.63. The molecule has 0 aromatic heterocycles. The van der Waals surface area contributed by atoms with Crippen molar-refractivity contribution >= 4 is 29.1 Å². The Labute approximate surface area is 288 Å². The summed E-state index contributed by atoms with van der Waals surface area (Å²) in [5.74, 6) is 0.0427. The topological polar surface area (TPSA) is 107 Å². The summed E-state index contributed by atoms with van der Waals surface area (Å²) in [5.41, 5.74) is -1.69. The van der Waals surface area contributed by atoms with E-state index in [1.165, 1.54) is 0 Å². The van der Waals surface area contributed by atoms with Crippen LogP contribution in [0.4, 0.5) is 0 Å². The van der Waals surface area contributed by atoms with E-state index in [1.807, 2.05) is 11.8 Å². The number of thioether (sulfide) groups is 1. The van der Waals surface area contributed by atoms with Crippen molar-refractivity contribution in [2.24, 2.45) is 34.0 Å². The molecule has 0 aromatic rings. The van der Waals surface area contributed by atoms with Gasteiger partial charge in [0, 0.05) is 49.5 Å². The molecular formula is C38H54O9S. The molecule has 6 spiro atoms. The third kappa shape index (κ3) is 4.60. The highest BCUT2D eigenvalue weighted by Crippen LogP contribution is 2.63. The third-order valence-electron chi connectivity index (χ3n) is 15.1. The van der Waals surface area contributed by atoms with E-state index in [0.717, 1.165) is 95.6 Å². The van der Waals surface area contributed by atoms with Crippen LogP contribution in [-0.2, 0) is 42.8 Å². The van der Waals surface area contributed by atoms with Gasteiger partial charge in [-0.05, 0) is 82.0 Å². The molecule has 4 aliphatic heterocycles. The second-order valence-corrected chi connectivity index (χ2v) is 18.1. The van der Waals surface area contributed by atoms with Crippen molar-refractivity contribution in [3.8, 4) is 0 Å². The maximum Gasteiger partial charge on any atom is 0.181 e. The molecule has 9 rings (SSSR count). The zero-order valence-corrected chi connectivity index (χ0v) is 29.4. The summed E-state index contributed by atoms with van der Waals surface area (Å²) in [6, 6.07) is 0. The Kier molecular flexibility index (Phi) is 8.31. The number of ether oxygens (including phenoxy) is 6. The highest BCUT2D eigenvalue weighted by Gasteiger charge is 2.68. The van der Waals surface area contributed by atoms with Crippen LogP contribution >= 0.6 is 11.8 Å². The van der Waals surface area contributed by atoms with Crippen LogP contribution in [0.25, 0.3) is 0 Å². The zero-order valence-electron chi connectivity index (χ0n) is 28.6. The van der Waals surface area contributed by atoms with Crippen molar-refractivity contribution in [1.29, 1.82) is 0 Å². The molecule has 9 nitrogen and oxygen atoms in total. The number of Topliss-reactive ketones (excluding diaryl/α,β-unsaturated/α-hetero) is 3. The summed E-state index contributed by atoms with van der Waals surface area (Å²) in [6.07, 6.45) is 14.9. The van der Waals surface area contributed by atoms with Crippen molar-refractivity contribution in [2.45, 2.75) is 138 Å². The molecule has 0 amide bonds. The normalized spacial score (nSPS) is 45.4. The minimum absolute atomic E-state index is 0.191. The number of fused-ring (bicyclic) bond motifs is 3. The Bertz CT molecular complexity index is 1300. The average Bonchev–Trinajstić information content (AvgIpc) is 3.88. The Hall–Kier alpha value is -0.880. The summed E-state index contributed by atoms with van der Waals surface area (Å²) in [7, 11) is 0. The smallest absolute Gasteiger partial charge is 0.181 e. The van der Waals surface area contributed by atoms with E-state index in [9.17, 15) is 14.4 Å². The summed E-state index contributed by atoms with van der Waals surface area (Å²) in [5, 5.41) is 0.191. The molecule has 0 radical (unpaired) electrons. The van der Waals surface area contributed by atoms with Gasteiger partial charge in [-0.25, -0.2) is 0 Å². The van der Waals surface area contributed by atoms with Gasteiger partial charge in [0.25, 0.3) is 0 Å². The molecule has 7 atom stereocenters. The first-order valence-electron chi connectivity index (χ1n) is 19.4. The molecule has 5 aliphatic carbocycles. The quantitative estimate of drug-likeness (QED) is 0.347. The second-order valence-electron chi connectivity index (χ2n) is 16.8. The number of hydrogen-bond acceptors (Lipinski definition) is 10. The second kappa shape index (κ2) is 12.1. The van der Waals surface area contributed by atoms with Gasteiger partial charge in [-0.2, -0.15) is 11.8 Å². The molecule has 4 saturated heterocycles. The minimum atomic E-state index is -0.898. The van der Waals surface area contributed by atoms with Crippen LogP contribution in [0.1, 0.15) is 116 Å². The van der Waals surface area contributed by atoms with Gasteiger partial charge in [-0.1, -0.05) is 12.8 Å². The molecule has 5 saturated carbocycles. The molecule has 0 N–H and O–H groups in total. The molecule has 9 fully saturated rings. The number of carbonyl (C=O) groups is 3. The predicted octanol–water partition coefficient (Wildman–Crippen LogP) is 5.94. The Morgan fingerprint density at radius 3 is 1.62 bits per heavy atom. The van der Waals surface area contributed by atoms with Crippen LogP contribution in [0.2, 0.25) is 0 Å². The van der Waals surface area contributed by atoms with Gasteiger partial charge in [0.2, 0.25) is 0 Å². The van der Waals surface area contributed by atoms with Crippen LogP contribution in [0, 0.1) is 34.0 Å². The lowest BCUT2D eigenvalue weighted by molar-refractivity contribution is -0.272.